The van der Waals surface area contributed by atoms with Crippen molar-refractivity contribution in [3.8, 4) is 5.75 Å². The Morgan fingerprint density at radius 1 is 1.19 bits per heavy atom. The number of hydrogen-bond acceptors (Lipinski definition) is 1. The molecule has 84 valence electrons. The van der Waals surface area contributed by atoms with Crippen molar-refractivity contribution in [1.29, 1.82) is 0 Å². The molecule has 0 bridgehead atoms. The number of fused-ring (bicyclic) bond motifs is 1. The Labute approximate surface area is 101 Å². The quantitative estimate of drug-likeness (QED) is 0.737. The highest BCUT2D eigenvalue weighted by Crippen LogP contribution is 2.34. The Hall–Kier alpha value is -1.21. The Morgan fingerprint density at radius 2 is 1.94 bits per heavy atom. The van der Waals surface area contributed by atoms with Crippen LogP contribution >= 0.6 is 11.6 Å². The second-order valence-corrected chi connectivity index (χ2v) is 4.62. The fourth-order valence-electron chi connectivity index (χ4n) is 1.96. The Kier molecular flexibility index (Phi) is 3.06. The molecule has 2 rings (SSSR count). The number of ether oxygens (including phenoxy) is 1. The molecule has 0 atom stereocenters. The minimum atomic E-state index is 0.428. The van der Waals surface area contributed by atoms with Crippen LogP contribution in [0.3, 0.4) is 0 Å². The van der Waals surface area contributed by atoms with Crippen molar-refractivity contribution in [2.24, 2.45) is 0 Å². The van der Waals surface area contributed by atoms with E-state index in [1.807, 2.05) is 18.2 Å². The highest BCUT2D eigenvalue weighted by molar-refractivity contribution is 6.35. The smallest absolute Gasteiger partial charge is 0.119 e. The minimum Gasteiger partial charge on any atom is -0.497 e. The van der Waals surface area contributed by atoms with Gasteiger partial charge in [0.1, 0.15) is 5.75 Å². The average molecular weight is 235 g/mol. The van der Waals surface area contributed by atoms with Gasteiger partial charge in [0.25, 0.3) is 0 Å². The lowest BCUT2D eigenvalue weighted by Gasteiger charge is -2.13. The zero-order valence-corrected chi connectivity index (χ0v) is 10.5. The topological polar surface area (TPSA) is 9.23 Å². The highest BCUT2D eigenvalue weighted by Gasteiger charge is 2.10. The molecule has 2 aromatic rings. The summed E-state index contributed by atoms with van der Waals surface area (Å²) < 4.78 is 5.31. The van der Waals surface area contributed by atoms with Crippen molar-refractivity contribution in [3.05, 3.63) is 40.9 Å². The molecule has 0 aliphatic rings. The van der Waals surface area contributed by atoms with Gasteiger partial charge in [0.05, 0.1) is 7.11 Å². The van der Waals surface area contributed by atoms with Crippen molar-refractivity contribution in [3.63, 3.8) is 0 Å². The molecule has 0 saturated heterocycles. The van der Waals surface area contributed by atoms with Crippen LogP contribution < -0.4 is 4.74 Å². The van der Waals surface area contributed by atoms with Gasteiger partial charge in [-0.3, -0.25) is 0 Å². The van der Waals surface area contributed by atoms with Gasteiger partial charge in [0, 0.05) is 10.4 Å². The van der Waals surface area contributed by atoms with E-state index in [1.165, 1.54) is 5.56 Å². The lowest BCUT2D eigenvalue weighted by atomic mass is 9.95. The molecule has 2 aromatic carbocycles. The van der Waals surface area contributed by atoms with Crippen molar-refractivity contribution in [1.82, 2.24) is 0 Å². The number of rotatable bonds is 2. The average Bonchev–Trinajstić information content (AvgIpc) is 2.27. The summed E-state index contributed by atoms with van der Waals surface area (Å²) in [6, 6.07) is 10.1. The molecule has 0 heterocycles. The van der Waals surface area contributed by atoms with Crippen molar-refractivity contribution in [2.45, 2.75) is 19.8 Å². The SMILES string of the molecule is COc1cc(C(C)C)c2c(Cl)cccc2c1. The van der Waals surface area contributed by atoms with E-state index in [2.05, 4.69) is 26.0 Å². The second-order valence-electron chi connectivity index (χ2n) is 4.21. The first-order valence-electron chi connectivity index (χ1n) is 5.39. The summed E-state index contributed by atoms with van der Waals surface area (Å²) >= 11 is 6.26. The fraction of sp³-hybridized carbons (Fsp3) is 0.286. The number of benzene rings is 2. The first kappa shape index (κ1) is 11.3. The molecule has 0 N–H and O–H groups in total. The van der Waals surface area contributed by atoms with Gasteiger partial charge >= 0.3 is 0 Å². The van der Waals surface area contributed by atoms with Crippen LogP contribution in [0.4, 0.5) is 0 Å². The monoisotopic (exact) mass is 234 g/mol. The van der Waals surface area contributed by atoms with Crippen molar-refractivity contribution >= 4 is 22.4 Å². The molecule has 0 aliphatic carbocycles. The third-order valence-electron chi connectivity index (χ3n) is 2.79. The predicted octanol–water partition coefficient (Wildman–Crippen LogP) is 4.63. The van der Waals surface area contributed by atoms with Gasteiger partial charge in [0.2, 0.25) is 0 Å². The van der Waals surface area contributed by atoms with Gasteiger partial charge in [-0.25, -0.2) is 0 Å². The maximum Gasteiger partial charge on any atom is 0.119 e. The molecule has 0 unspecified atom stereocenters. The van der Waals surface area contributed by atoms with E-state index in [-0.39, 0.29) is 0 Å². The Bertz CT molecular complexity index is 517. The summed E-state index contributed by atoms with van der Waals surface area (Å²) in [5, 5.41) is 3.08. The molecular formula is C14H15ClO. The van der Waals surface area contributed by atoms with Crippen LogP contribution in [0.5, 0.6) is 5.75 Å². The largest absolute Gasteiger partial charge is 0.497 e. The van der Waals surface area contributed by atoms with Gasteiger partial charge in [-0.2, -0.15) is 0 Å². The van der Waals surface area contributed by atoms with Crippen LogP contribution in [0, 0.1) is 0 Å². The zero-order chi connectivity index (χ0) is 11.7. The van der Waals surface area contributed by atoms with E-state index in [4.69, 9.17) is 16.3 Å². The first-order valence-corrected chi connectivity index (χ1v) is 5.77. The molecule has 2 heteroatoms. The summed E-state index contributed by atoms with van der Waals surface area (Å²) in [7, 11) is 1.69. The number of hydrogen-bond donors (Lipinski definition) is 0. The Morgan fingerprint density at radius 3 is 2.56 bits per heavy atom. The van der Waals surface area contributed by atoms with Crippen LogP contribution in [0.25, 0.3) is 10.8 Å². The van der Waals surface area contributed by atoms with Crippen LogP contribution in [0.1, 0.15) is 25.3 Å². The van der Waals surface area contributed by atoms with Crippen LogP contribution in [-0.4, -0.2) is 7.11 Å². The van der Waals surface area contributed by atoms with Gasteiger partial charge in [-0.05, 0) is 35.1 Å². The Balaban J connectivity index is 2.82. The molecule has 1 nitrogen and oxygen atoms in total. The van der Waals surface area contributed by atoms with Crippen molar-refractivity contribution < 1.29 is 4.74 Å². The van der Waals surface area contributed by atoms with Gasteiger partial charge in [-0.15, -0.1) is 0 Å². The van der Waals surface area contributed by atoms with Crippen molar-refractivity contribution in [2.75, 3.05) is 7.11 Å². The summed E-state index contributed by atoms with van der Waals surface area (Å²) in [4.78, 5) is 0. The molecule has 0 spiro atoms. The fourth-order valence-corrected chi connectivity index (χ4v) is 2.25. The molecule has 16 heavy (non-hydrogen) atoms. The summed E-state index contributed by atoms with van der Waals surface area (Å²) in [5.74, 6) is 1.32. The van der Waals surface area contributed by atoms with Gasteiger partial charge in [-0.1, -0.05) is 37.6 Å². The minimum absolute atomic E-state index is 0.428. The molecule has 0 amide bonds. The maximum absolute atomic E-state index is 6.26. The van der Waals surface area contributed by atoms with E-state index in [0.717, 1.165) is 21.5 Å². The van der Waals surface area contributed by atoms with Gasteiger partial charge in [0.15, 0.2) is 0 Å². The van der Waals surface area contributed by atoms with E-state index in [1.54, 1.807) is 7.11 Å². The third kappa shape index (κ3) is 1.88. The first-order chi connectivity index (χ1) is 7.63. The normalized spacial score (nSPS) is 11.1. The predicted molar refractivity (Wildman–Crippen MR) is 69.6 cm³/mol. The molecule has 0 aromatic heterocycles. The lowest BCUT2D eigenvalue weighted by Crippen LogP contribution is -1.93. The third-order valence-corrected chi connectivity index (χ3v) is 3.10. The second kappa shape index (κ2) is 4.34. The van der Waals surface area contributed by atoms with Crippen LogP contribution in [0.15, 0.2) is 30.3 Å². The van der Waals surface area contributed by atoms with Gasteiger partial charge < -0.3 is 4.74 Å². The highest BCUT2D eigenvalue weighted by atomic mass is 35.5. The molecule has 0 radical (unpaired) electrons. The number of methoxy groups -OCH3 is 1. The molecule has 0 saturated carbocycles. The molecule has 0 fully saturated rings. The standard InChI is InChI=1S/C14H15ClO/c1-9(2)12-8-11(16-3)7-10-5-4-6-13(15)14(10)12/h4-9H,1-3H3. The van der Waals surface area contributed by atoms with Crippen LogP contribution in [0.2, 0.25) is 5.02 Å². The molecule has 0 aliphatic heterocycles. The molecular weight excluding hydrogens is 220 g/mol. The van der Waals surface area contributed by atoms with E-state index in [0.29, 0.717) is 5.92 Å². The summed E-state index contributed by atoms with van der Waals surface area (Å²) in [6.45, 7) is 4.33. The van der Waals surface area contributed by atoms with E-state index in [9.17, 15) is 0 Å². The maximum atomic E-state index is 6.26. The lowest BCUT2D eigenvalue weighted by molar-refractivity contribution is 0.414. The van der Waals surface area contributed by atoms with E-state index < -0.39 is 0 Å². The summed E-state index contributed by atoms with van der Waals surface area (Å²) in [6.07, 6.45) is 0. The zero-order valence-electron chi connectivity index (χ0n) is 9.75. The van der Waals surface area contributed by atoms with Crippen LogP contribution in [-0.2, 0) is 0 Å². The summed E-state index contributed by atoms with van der Waals surface area (Å²) in [5.41, 5.74) is 1.24. The number of halogens is 1. The van der Waals surface area contributed by atoms with E-state index >= 15 is 0 Å².